The van der Waals surface area contributed by atoms with Crippen LogP contribution in [-0.2, 0) is 16.6 Å². The Morgan fingerprint density at radius 1 is 1.50 bits per heavy atom. The summed E-state index contributed by atoms with van der Waals surface area (Å²) in [5.74, 6) is 0. The van der Waals surface area contributed by atoms with Crippen molar-refractivity contribution in [2.75, 3.05) is 26.4 Å². The molecule has 1 heterocycles. The Hall–Kier alpha value is -0.570. The second-order valence-electron chi connectivity index (χ2n) is 5.11. The highest BCUT2D eigenvalue weighted by molar-refractivity contribution is 8.00. The maximum absolute atomic E-state index is 12.2. The average Bonchev–Trinajstić information content (AvgIpc) is 2.85. The van der Waals surface area contributed by atoms with Crippen LogP contribution in [0.25, 0.3) is 0 Å². The quantitative estimate of drug-likeness (QED) is 0.737. The number of nitrogens with one attached hydrogen (secondary N) is 2. The molecule has 0 atom stereocenters. The molecule has 0 saturated heterocycles. The van der Waals surface area contributed by atoms with Crippen LogP contribution in [0.1, 0.15) is 19.3 Å². The third kappa shape index (κ3) is 3.55. The van der Waals surface area contributed by atoms with Gasteiger partial charge in [0.15, 0.2) is 0 Å². The summed E-state index contributed by atoms with van der Waals surface area (Å²) < 4.78 is 28.9. The molecular formula is C12H22N4O2S2. The van der Waals surface area contributed by atoms with Crippen LogP contribution in [0.3, 0.4) is 0 Å². The van der Waals surface area contributed by atoms with Crippen molar-refractivity contribution in [2.45, 2.75) is 35.4 Å². The summed E-state index contributed by atoms with van der Waals surface area (Å²) in [7, 11) is -1.60. The molecule has 0 unspecified atom stereocenters. The predicted octanol–water partition coefficient (Wildman–Crippen LogP) is 0.666. The van der Waals surface area contributed by atoms with Gasteiger partial charge >= 0.3 is 0 Å². The van der Waals surface area contributed by atoms with Crippen molar-refractivity contribution < 1.29 is 8.42 Å². The minimum absolute atomic E-state index is 0.0925. The van der Waals surface area contributed by atoms with Gasteiger partial charge < -0.3 is 5.32 Å². The first kappa shape index (κ1) is 15.8. The fourth-order valence-electron chi connectivity index (χ4n) is 2.17. The van der Waals surface area contributed by atoms with Gasteiger partial charge in [0.1, 0.15) is 4.90 Å². The average molecular weight is 318 g/mol. The van der Waals surface area contributed by atoms with E-state index in [4.69, 9.17) is 0 Å². The van der Waals surface area contributed by atoms with E-state index in [9.17, 15) is 8.42 Å². The van der Waals surface area contributed by atoms with E-state index in [1.54, 1.807) is 22.6 Å². The van der Waals surface area contributed by atoms with E-state index >= 15 is 0 Å². The van der Waals surface area contributed by atoms with Crippen molar-refractivity contribution in [2.24, 2.45) is 0 Å². The molecule has 2 rings (SSSR count). The van der Waals surface area contributed by atoms with Gasteiger partial charge in [-0.25, -0.2) is 13.1 Å². The van der Waals surface area contributed by atoms with Gasteiger partial charge in [0, 0.05) is 24.0 Å². The molecule has 1 aliphatic rings. The molecule has 6 nitrogen and oxygen atoms in total. The van der Waals surface area contributed by atoms with Crippen molar-refractivity contribution in [3.8, 4) is 0 Å². The first-order valence-electron chi connectivity index (χ1n) is 6.73. The second-order valence-corrected chi connectivity index (χ2v) is 8.15. The fraction of sp³-hybridized carbons (Fsp3) is 0.750. The normalized spacial score (nSPS) is 17.9. The van der Waals surface area contributed by atoms with E-state index < -0.39 is 10.0 Å². The molecule has 0 spiro atoms. The molecule has 2 N–H and O–H groups in total. The molecule has 0 aliphatic heterocycles. The highest BCUT2D eigenvalue weighted by atomic mass is 32.2. The minimum atomic E-state index is -3.45. The number of hydrogen-bond acceptors (Lipinski definition) is 5. The molecule has 1 fully saturated rings. The molecule has 8 heteroatoms. The summed E-state index contributed by atoms with van der Waals surface area (Å²) in [5.41, 5.74) is 0. The van der Waals surface area contributed by atoms with Crippen molar-refractivity contribution >= 4 is 21.8 Å². The molecule has 114 valence electrons. The highest BCUT2D eigenvalue weighted by Crippen LogP contribution is 2.42. The molecule has 0 aromatic carbocycles. The van der Waals surface area contributed by atoms with Gasteiger partial charge in [-0.3, -0.25) is 4.68 Å². The van der Waals surface area contributed by atoms with Gasteiger partial charge in [0.05, 0.1) is 12.7 Å². The van der Waals surface area contributed by atoms with Crippen molar-refractivity contribution in [1.82, 2.24) is 19.8 Å². The Morgan fingerprint density at radius 2 is 2.25 bits per heavy atom. The van der Waals surface area contributed by atoms with Gasteiger partial charge in [-0.1, -0.05) is 6.42 Å². The smallest absolute Gasteiger partial charge is 0.243 e. The maximum atomic E-state index is 12.2. The lowest BCUT2D eigenvalue weighted by molar-refractivity contribution is 0.362. The maximum Gasteiger partial charge on any atom is 0.243 e. The Labute approximate surface area is 124 Å². The lowest BCUT2D eigenvalue weighted by Crippen LogP contribution is -2.45. The van der Waals surface area contributed by atoms with Crippen LogP contribution >= 0.6 is 11.8 Å². The molecule has 1 saturated carbocycles. The Bertz CT molecular complexity index is 532. The van der Waals surface area contributed by atoms with E-state index in [0.717, 1.165) is 19.4 Å². The number of hydrogen-bond donors (Lipinski definition) is 2. The Kier molecular flexibility index (Phi) is 5.11. The summed E-state index contributed by atoms with van der Waals surface area (Å²) in [6.07, 6.45) is 8.38. The number of likely N-dealkylation sites (N-methyl/N-ethyl adjacent to an activating group) is 1. The third-order valence-electron chi connectivity index (χ3n) is 3.79. The zero-order chi connectivity index (χ0) is 14.6. The first-order chi connectivity index (χ1) is 9.51. The molecule has 0 bridgehead atoms. The second kappa shape index (κ2) is 6.46. The molecule has 0 radical (unpaired) electrons. The molecule has 1 aromatic rings. The van der Waals surface area contributed by atoms with Crippen molar-refractivity contribution in [3.05, 3.63) is 12.4 Å². The van der Waals surface area contributed by atoms with Gasteiger partial charge in [-0.15, -0.1) is 0 Å². The number of thioether (sulfide) groups is 1. The van der Waals surface area contributed by atoms with Crippen LogP contribution < -0.4 is 10.0 Å². The topological polar surface area (TPSA) is 76.0 Å². The first-order valence-corrected chi connectivity index (χ1v) is 9.44. The number of aromatic nitrogens is 2. The monoisotopic (exact) mass is 318 g/mol. The van der Waals surface area contributed by atoms with E-state index in [0.29, 0.717) is 13.1 Å². The zero-order valence-electron chi connectivity index (χ0n) is 11.9. The van der Waals surface area contributed by atoms with E-state index in [1.165, 1.54) is 12.6 Å². The van der Waals surface area contributed by atoms with Crippen LogP contribution in [0.2, 0.25) is 0 Å². The van der Waals surface area contributed by atoms with Crippen molar-refractivity contribution in [3.63, 3.8) is 0 Å². The van der Waals surface area contributed by atoms with E-state index in [-0.39, 0.29) is 9.64 Å². The largest absolute Gasteiger partial charge is 0.318 e. The van der Waals surface area contributed by atoms with Crippen LogP contribution in [0.4, 0.5) is 0 Å². The van der Waals surface area contributed by atoms with Gasteiger partial charge in [0.2, 0.25) is 10.0 Å². The van der Waals surface area contributed by atoms with Crippen LogP contribution in [0, 0.1) is 0 Å². The van der Waals surface area contributed by atoms with Crippen LogP contribution in [0.5, 0.6) is 0 Å². The van der Waals surface area contributed by atoms with Crippen LogP contribution in [-0.4, -0.2) is 49.3 Å². The van der Waals surface area contributed by atoms with Gasteiger partial charge in [0.25, 0.3) is 0 Å². The molecule has 1 aliphatic carbocycles. The zero-order valence-corrected chi connectivity index (χ0v) is 13.6. The molecule has 20 heavy (non-hydrogen) atoms. The number of rotatable bonds is 8. The Morgan fingerprint density at radius 3 is 2.80 bits per heavy atom. The van der Waals surface area contributed by atoms with Gasteiger partial charge in [-0.05, 0) is 26.1 Å². The third-order valence-corrected chi connectivity index (χ3v) is 6.57. The summed E-state index contributed by atoms with van der Waals surface area (Å²) in [6, 6.07) is 0. The predicted molar refractivity (Wildman–Crippen MR) is 81.4 cm³/mol. The van der Waals surface area contributed by atoms with E-state index in [1.807, 2.05) is 13.3 Å². The number of sulfonamides is 1. The summed E-state index contributed by atoms with van der Waals surface area (Å²) in [5, 5.41) is 7.07. The molecule has 0 amide bonds. The minimum Gasteiger partial charge on any atom is -0.318 e. The van der Waals surface area contributed by atoms with Crippen LogP contribution in [0.15, 0.2) is 17.3 Å². The SMILES string of the molecule is CNCCn1cc(S(=O)(=O)NCC2(SC)CCC2)cn1. The summed E-state index contributed by atoms with van der Waals surface area (Å²) in [4.78, 5) is 0.240. The highest BCUT2D eigenvalue weighted by Gasteiger charge is 2.37. The lowest BCUT2D eigenvalue weighted by atomic mass is 9.84. The standard InChI is InChI=1S/C12H22N4O2S2/c1-13-6-7-16-9-11(8-14-16)20(17,18)15-10-12(19-2)4-3-5-12/h8-9,13,15H,3-7,10H2,1-2H3. The number of nitrogens with zero attached hydrogens (tertiary/aromatic N) is 2. The summed E-state index contributed by atoms with van der Waals surface area (Å²) >= 11 is 1.76. The fourth-order valence-corrected chi connectivity index (χ4v) is 4.25. The lowest BCUT2D eigenvalue weighted by Gasteiger charge is -2.40. The van der Waals surface area contributed by atoms with Crippen molar-refractivity contribution in [1.29, 1.82) is 0 Å². The summed E-state index contributed by atoms with van der Waals surface area (Å²) in [6.45, 7) is 1.91. The Balaban J connectivity index is 1.97. The molecular weight excluding hydrogens is 296 g/mol. The molecule has 1 aromatic heterocycles. The van der Waals surface area contributed by atoms with Gasteiger partial charge in [-0.2, -0.15) is 16.9 Å². The van der Waals surface area contributed by atoms with E-state index in [2.05, 4.69) is 15.1 Å².